The number of morpholine rings is 1. The average molecular weight is 640 g/mol. The molecular weight excluding hydrogens is 591 g/mol. The smallest absolute Gasteiger partial charge is 0.326 e. The van der Waals surface area contributed by atoms with Gasteiger partial charge in [-0.2, -0.15) is 4.98 Å². The number of pyridine rings is 1. The number of amides is 2. The van der Waals surface area contributed by atoms with Gasteiger partial charge in [0.15, 0.2) is 5.65 Å². The van der Waals surface area contributed by atoms with Crippen LogP contribution in [0.1, 0.15) is 72.8 Å². The molecule has 3 aromatic rings. The number of urea groups is 1. The normalized spacial score (nSPS) is 18.4. The fourth-order valence-corrected chi connectivity index (χ4v) is 13.5. The summed E-state index contributed by atoms with van der Waals surface area (Å²) < 4.78 is 5.50. The van der Waals surface area contributed by atoms with E-state index in [-0.39, 0.29) is 11.6 Å². The Labute approximate surface area is 275 Å². The molecule has 46 heavy (non-hydrogen) atoms. The summed E-state index contributed by atoms with van der Waals surface area (Å²) >= 11 is 0. The van der Waals surface area contributed by atoms with Crippen LogP contribution in [-0.4, -0.2) is 79.4 Å². The number of carbonyl (C=O) groups is 1. The number of aromatic nitrogens is 3. The molecule has 0 radical (unpaired) electrons. The van der Waals surface area contributed by atoms with E-state index in [0.29, 0.717) is 40.6 Å². The van der Waals surface area contributed by atoms with E-state index >= 15 is 0 Å². The summed E-state index contributed by atoms with van der Waals surface area (Å²) in [6, 6.07) is 10.3. The van der Waals surface area contributed by atoms with Crippen LogP contribution < -0.4 is 15.1 Å². The molecule has 2 aliphatic heterocycles. The Kier molecular flexibility index (Phi) is 9.01. The summed E-state index contributed by atoms with van der Waals surface area (Å²) in [5.41, 5.74) is 8.63. The summed E-state index contributed by atoms with van der Waals surface area (Å²) in [6.45, 7) is 18.0. The maximum atomic E-state index is 13.7. The van der Waals surface area contributed by atoms with Crippen molar-refractivity contribution in [1.29, 1.82) is 0 Å². The first-order valence-electron chi connectivity index (χ1n) is 17.0. The lowest BCUT2D eigenvalue weighted by atomic mass is 9.96. The van der Waals surface area contributed by atoms with Crippen LogP contribution in [0.4, 0.5) is 27.9 Å². The summed E-state index contributed by atoms with van der Waals surface area (Å²) in [5, 5.41) is 4.19. The Morgan fingerprint density at radius 1 is 0.957 bits per heavy atom. The molecule has 3 aliphatic rings. The molecule has 2 aromatic heterocycles. The molecule has 4 heterocycles. The second-order valence-electron chi connectivity index (χ2n) is 14.3. The summed E-state index contributed by atoms with van der Waals surface area (Å²) in [6.07, 6.45) is 6.02. The molecule has 1 aliphatic carbocycles. The number of hydrogen-bond acceptors (Lipinski definition) is 7. The van der Waals surface area contributed by atoms with Crippen LogP contribution in [0.15, 0.2) is 36.5 Å². The number of likely N-dealkylation sites (N-methyl/N-ethyl adjacent to an activating group) is 1. The first kappa shape index (κ1) is 32.3. The van der Waals surface area contributed by atoms with Crippen LogP contribution >= 0.6 is 0 Å². The Hall–Kier alpha value is -3.68. The third-order valence-corrected chi connectivity index (χ3v) is 16.9. The van der Waals surface area contributed by atoms with Crippen LogP contribution in [0.25, 0.3) is 11.0 Å². The minimum atomic E-state index is -2.02. The van der Waals surface area contributed by atoms with E-state index in [1.807, 2.05) is 29.1 Å². The Bertz CT molecular complexity index is 1610. The van der Waals surface area contributed by atoms with Crippen LogP contribution in [0.3, 0.4) is 0 Å². The number of ether oxygens (including phenoxy) is 1. The number of nitrogens with one attached hydrogen (secondary N) is 1. The minimum Gasteiger partial charge on any atom is -0.378 e. The highest BCUT2D eigenvalue weighted by atomic mass is 28.3. The predicted molar refractivity (Wildman–Crippen MR) is 190 cm³/mol. The zero-order chi connectivity index (χ0) is 32.6. The quantitative estimate of drug-likeness (QED) is 0.214. The highest BCUT2D eigenvalue weighted by Crippen LogP contribution is 2.44. The Morgan fingerprint density at radius 2 is 1.61 bits per heavy atom. The van der Waals surface area contributed by atoms with Crippen LogP contribution in [0, 0.1) is 11.5 Å². The van der Waals surface area contributed by atoms with Crippen molar-refractivity contribution < 1.29 is 9.53 Å². The minimum absolute atomic E-state index is 0.00400. The lowest BCUT2D eigenvalue weighted by molar-refractivity contribution is 0.122. The predicted octanol–water partition coefficient (Wildman–Crippen LogP) is 7.36. The van der Waals surface area contributed by atoms with Crippen molar-refractivity contribution in [3.8, 4) is 11.5 Å². The first-order valence-corrected chi connectivity index (χ1v) is 19.2. The molecule has 244 valence electrons. The number of carbonyl (C=O) groups excluding carboxylic acids is 1. The fraction of sp³-hybridized carbons (Fsp3) is 0.556. The number of fused-ring (bicyclic) bond motifs is 1. The van der Waals surface area contributed by atoms with Crippen molar-refractivity contribution in [2.24, 2.45) is 0 Å². The first-order chi connectivity index (χ1) is 22.0. The van der Waals surface area contributed by atoms with E-state index in [2.05, 4.69) is 87.5 Å². The van der Waals surface area contributed by atoms with Crippen LogP contribution in [0.5, 0.6) is 0 Å². The van der Waals surface area contributed by atoms with Gasteiger partial charge in [0.1, 0.15) is 13.9 Å². The molecule has 3 fully saturated rings. The number of nitrogens with zero attached hydrogens (tertiary/aromatic N) is 6. The molecule has 10 heteroatoms. The van der Waals surface area contributed by atoms with E-state index in [0.717, 1.165) is 68.6 Å². The monoisotopic (exact) mass is 639 g/mol. The van der Waals surface area contributed by atoms with Crippen molar-refractivity contribution in [2.75, 3.05) is 55.0 Å². The van der Waals surface area contributed by atoms with Gasteiger partial charge in [-0.3, -0.25) is 4.90 Å². The maximum absolute atomic E-state index is 13.7. The van der Waals surface area contributed by atoms with Crippen molar-refractivity contribution >= 4 is 48.3 Å². The lowest BCUT2D eigenvalue weighted by Crippen LogP contribution is -2.45. The molecular formula is C36H49N7O2Si. The van der Waals surface area contributed by atoms with Crippen LogP contribution in [0.2, 0.25) is 16.6 Å². The second kappa shape index (κ2) is 12.8. The summed E-state index contributed by atoms with van der Waals surface area (Å²) in [7, 11) is -0.121. The Morgan fingerprint density at radius 3 is 2.24 bits per heavy atom. The third-order valence-electron chi connectivity index (χ3n) is 10.6. The van der Waals surface area contributed by atoms with E-state index in [1.165, 1.54) is 5.69 Å². The fourth-order valence-electron chi connectivity index (χ4n) is 8.30. The molecule has 0 atom stereocenters. The van der Waals surface area contributed by atoms with Gasteiger partial charge in [0.05, 0.1) is 24.1 Å². The van der Waals surface area contributed by atoms with Gasteiger partial charge in [-0.15, -0.1) is 5.54 Å². The number of hydrogen-bond donors (Lipinski definition) is 1. The molecule has 1 aromatic carbocycles. The molecule has 6 rings (SSSR count). The third kappa shape index (κ3) is 5.84. The zero-order valence-corrected chi connectivity index (χ0v) is 29.6. The van der Waals surface area contributed by atoms with E-state index < -0.39 is 8.07 Å². The van der Waals surface area contributed by atoms with E-state index in [9.17, 15) is 4.79 Å². The number of anilines is 4. The standard InChI is InChI=1S/C36H49N7O2Si/c1-25(2)46(26(3)4,27(5)6)21-14-28-22-32(43-35(44)41(7)24-36(43)15-8-9-16-36)39-33-31(28)23-37-34(40-33)38-29-10-12-30(13-11-29)42-17-19-45-20-18-42/h10-13,22-23,25-27H,8-9,15-20,24H2,1-7H3,(H,37,38,39,40). The Balaban J connectivity index is 1.42. The summed E-state index contributed by atoms with van der Waals surface area (Å²) in [5.74, 6) is 4.76. The topological polar surface area (TPSA) is 86.7 Å². The molecule has 0 unspecified atom stereocenters. The molecule has 0 bridgehead atoms. The average Bonchev–Trinajstić information content (AvgIpc) is 3.59. The van der Waals surface area contributed by atoms with Crippen molar-refractivity contribution in [3.05, 3.63) is 42.1 Å². The zero-order valence-electron chi connectivity index (χ0n) is 28.6. The number of rotatable bonds is 7. The van der Waals surface area contributed by atoms with Gasteiger partial charge in [0.25, 0.3) is 0 Å². The molecule has 2 saturated heterocycles. The number of benzene rings is 1. The SMILES string of the molecule is CC(C)[Si](C#Cc1cc(N2C(=O)N(C)CC23CCCC3)nc2nc(Nc3ccc(N4CCOCC4)cc3)ncc12)(C(C)C)C(C)C. The molecule has 1 spiro atoms. The molecule has 9 nitrogen and oxygen atoms in total. The van der Waals surface area contributed by atoms with Gasteiger partial charge >= 0.3 is 6.03 Å². The van der Waals surface area contributed by atoms with Gasteiger partial charge < -0.3 is 19.9 Å². The van der Waals surface area contributed by atoms with Gasteiger partial charge in [0.2, 0.25) is 5.95 Å². The molecule has 1 saturated carbocycles. The highest BCUT2D eigenvalue weighted by Gasteiger charge is 2.51. The van der Waals surface area contributed by atoms with Gasteiger partial charge in [-0.1, -0.05) is 60.3 Å². The van der Waals surface area contributed by atoms with E-state index in [1.54, 1.807) is 0 Å². The van der Waals surface area contributed by atoms with Crippen molar-refractivity contribution in [3.63, 3.8) is 0 Å². The van der Waals surface area contributed by atoms with Crippen molar-refractivity contribution in [2.45, 2.75) is 89.4 Å². The molecule has 1 N–H and O–H groups in total. The maximum Gasteiger partial charge on any atom is 0.326 e. The van der Waals surface area contributed by atoms with E-state index in [4.69, 9.17) is 19.7 Å². The highest BCUT2D eigenvalue weighted by molar-refractivity contribution is 6.90. The van der Waals surface area contributed by atoms with Crippen LogP contribution in [-0.2, 0) is 4.74 Å². The van der Waals surface area contributed by atoms with Crippen molar-refractivity contribution in [1.82, 2.24) is 19.9 Å². The lowest BCUT2D eigenvalue weighted by Gasteiger charge is -2.38. The largest absolute Gasteiger partial charge is 0.378 e. The summed E-state index contributed by atoms with van der Waals surface area (Å²) in [4.78, 5) is 34.5. The van der Waals surface area contributed by atoms with Gasteiger partial charge in [-0.05, 0) is 59.8 Å². The molecule has 2 amide bonds. The van der Waals surface area contributed by atoms with Gasteiger partial charge in [-0.25, -0.2) is 14.8 Å². The van der Waals surface area contributed by atoms with Gasteiger partial charge in [0, 0.05) is 49.8 Å². The second-order valence-corrected chi connectivity index (χ2v) is 19.9.